The highest BCUT2D eigenvalue weighted by molar-refractivity contribution is 7.27. The lowest BCUT2D eigenvalue weighted by atomic mass is 9.90. The second-order valence-electron chi connectivity index (χ2n) is 10.3. The number of rotatable bonds is 10. The molecule has 0 saturated heterocycles. The van der Waals surface area contributed by atoms with Crippen molar-refractivity contribution in [3.05, 3.63) is 88.0 Å². The molecule has 0 saturated carbocycles. The van der Waals surface area contributed by atoms with Gasteiger partial charge in [-0.25, -0.2) is 0 Å². The molecule has 218 valence electrons. The van der Waals surface area contributed by atoms with Crippen molar-refractivity contribution in [1.29, 1.82) is 0 Å². The number of aryl methyl sites for hydroxylation is 4. The Morgan fingerprint density at radius 3 is 1.90 bits per heavy atom. The van der Waals surface area contributed by atoms with E-state index in [4.69, 9.17) is 0 Å². The molecule has 3 rings (SSSR count). The molecule has 2 heteroatoms. The molecule has 0 fully saturated rings. The summed E-state index contributed by atoms with van der Waals surface area (Å²) in [6, 6.07) is 20.1. The van der Waals surface area contributed by atoms with Gasteiger partial charge in [0.15, 0.2) is 0 Å². The highest BCUT2D eigenvalue weighted by Gasteiger charge is 2.09. The fourth-order valence-corrected chi connectivity index (χ4v) is 4.92. The third-order valence-electron chi connectivity index (χ3n) is 6.67. The maximum Gasteiger partial charge on any atom is 0.0214 e. The minimum absolute atomic E-state index is 0.715. The van der Waals surface area contributed by atoms with Crippen molar-refractivity contribution in [3.8, 4) is 11.1 Å². The quantitative estimate of drug-likeness (QED) is 0.248. The molecule has 0 aliphatic heterocycles. The number of nitrogens with one attached hydrogen (secondary N) is 1. The van der Waals surface area contributed by atoms with Crippen molar-refractivity contribution in [2.24, 2.45) is 5.92 Å². The van der Waals surface area contributed by atoms with Crippen LogP contribution in [0.15, 0.2) is 54.6 Å². The van der Waals surface area contributed by atoms with Crippen LogP contribution in [-0.2, 0) is 19.4 Å². The van der Waals surface area contributed by atoms with Crippen LogP contribution in [0.1, 0.15) is 108 Å². The molecule has 1 nitrogen and oxygen atoms in total. The van der Waals surface area contributed by atoms with Gasteiger partial charge in [0.1, 0.15) is 0 Å². The first-order chi connectivity index (χ1) is 18.8. The Bertz CT molecular complexity index is 1030. The number of hydrogen-bond donors (Lipinski definition) is 1. The van der Waals surface area contributed by atoms with Crippen LogP contribution in [-0.4, -0.2) is 6.54 Å². The van der Waals surface area contributed by atoms with Gasteiger partial charge >= 0.3 is 0 Å². The number of unbranched alkanes of at least 4 members (excludes halogenated alkanes) is 1. The molecule has 0 aromatic heterocycles. The average Bonchev–Trinajstić information content (AvgIpc) is 2.94. The van der Waals surface area contributed by atoms with E-state index in [0.717, 1.165) is 13.1 Å². The SMILES string of the molecule is CC.CC.CCCCc1cc(-c2cccc(C)c2CCC)ccc1C.Cc1cccc(P)c1CNCC(C)C. The molecule has 0 aliphatic carbocycles. The van der Waals surface area contributed by atoms with E-state index in [0.29, 0.717) is 5.92 Å². The summed E-state index contributed by atoms with van der Waals surface area (Å²) in [6.07, 6.45) is 6.10. The van der Waals surface area contributed by atoms with Gasteiger partial charge in [0.2, 0.25) is 0 Å². The fraction of sp³-hybridized carbons (Fsp3) is 0.514. The zero-order valence-electron chi connectivity index (χ0n) is 27.3. The van der Waals surface area contributed by atoms with Crippen molar-refractivity contribution in [1.82, 2.24) is 5.32 Å². The molecule has 1 N–H and O–H groups in total. The van der Waals surface area contributed by atoms with Gasteiger partial charge in [-0.15, -0.1) is 9.24 Å². The van der Waals surface area contributed by atoms with Crippen LogP contribution < -0.4 is 10.6 Å². The molecule has 0 amide bonds. The zero-order chi connectivity index (χ0) is 29.8. The molecule has 0 radical (unpaired) electrons. The molecule has 0 bridgehead atoms. The summed E-state index contributed by atoms with van der Waals surface area (Å²) in [5.41, 5.74) is 11.5. The van der Waals surface area contributed by atoms with Crippen LogP contribution in [0.5, 0.6) is 0 Å². The molecule has 1 unspecified atom stereocenters. The lowest BCUT2D eigenvalue weighted by molar-refractivity contribution is 0.552. The molecule has 1 atom stereocenters. The summed E-state index contributed by atoms with van der Waals surface area (Å²) in [6.45, 7) is 25.7. The maximum atomic E-state index is 3.47. The fourth-order valence-electron chi connectivity index (χ4n) is 4.48. The van der Waals surface area contributed by atoms with E-state index < -0.39 is 0 Å². The van der Waals surface area contributed by atoms with Gasteiger partial charge in [0.05, 0.1) is 0 Å². The normalized spacial score (nSPS) is 10.1. The van der Waals surface area contributed by atoms with Crippen molar-refractivity contribution in [2.45, 2.75) is 115 Å². The van der Waals surface area contributed by atoms with Crippen molar-refractivity contribution >= 4 is 14.5 Å². The van der Waals surface area contributed by atoms with Gasteiger partial charge in [0, 0.05) is 6.54 Å². The Kier molecular flexibility index (Phi) is 20.7. The Morgan fingerprint density at radius 1 is 0.718 bits per heavy atom. The van der Waals surface area contributed by atoms with Gasteiger partial charge < -0.3 is 5.32 Å². The molecule has 0 heterocycles. The lowest BCUT2D eigenvalue weighted by Crippen LogP contribution is -2.22. The first-order valence-corrected chi connectivity index (χ1v) is 16.1. The summed E-state index contributed by atoms with van der Waals surface area (Å²) >= 11 is 0. The minimum Gasteiger partial charge on any atom is -0.312 e. The predicted molar refractivity (Wildman–Crippen MR) is 184 cm³/mol. The van der Waals surface area contributed by atoms with Crippen LogP contribution in [0.2, 0.25) is 0 Å². The Labute approximate surface area is 245 Å². The monoisotopic (exact) mass is 549 g/mol. The highest BCUT2D eigenvalue weighted by atomic mass is 31.0. The second kappa shape index (κ2) is 21.8. The van der Waals surface area contributed by atoms with Gasteiger partial charge in [-0.1, -0.05) is 123 Å². The number of benzene rings is 3. The van der Waals surface area contributed by atoms with E-state index in [1.807, 2.05) is 27.7 Å². The predicted octanol–water partition coefficient (Wildman–Crippen LogP) is 10.6. The maximum absolute atomic E-state index is 3.47. The van der Waals surface area contributed by atoms with Crippen LogP contribution in [0.4, 0.5) is 0 Å². The molecule has 39 heavy (non-hydrogen) atoms. The Balaban J connectivity index is 0.000000698. The first kappa shape index (κ1) is 37.0. The average molecular weight is 550 g/mol. The molecule has 3 aromatic rings. The lowest BCUT2D eigenvalue weighted by Gasteiger charge is -2.14. The second-order valence-corrected chi connectivity index (χ2v) is 10.9. The number of hydrogen-bond acceptors (Lipinski definition) is 1. The van der Waals surface area contributed by atoms with Crippen molar-refractivity contribution in [3.63, 3.8) is 0 Å². The van der Waals surface area contributed by atoms with E-state index in [2.05, 4.69) is 118 Å². The molecular formula is C37H60NP. The summed E-state index contributed by atoms with van der Waals surface area (Å²) in [5.74, 6) is 0.715. The van der Waals surface area contributed by atoms with Crippen molar-refractivity contribution < 1.29 is 0 Å². The first-order valence-electron chi connectivity index (χ1n) is 15.5. The zero-order valence-corrected chi connectivity index (χ0v) is 28.5. The third kappa shape index (κ3) is 13.3. The van der Waals surface area contributed by atoms with Crippen molar-refractivity contribution in [2.75, 3.05) is 6.54 Å². The van der Waals surface area contributed by atoms with Crippen LogP contribution in [0.3, 0.4) is 0 Å². The standard InChI is InChI=1S/C21H28.C12H20NP.2C2H6/c1-5-7-11-18-15-19(14-13-16(18)3)21-12-8-10-17(4)20(21)9-6-2;1-9(2)7-13-8-11-10(3)5-4-6-12(11)14;2*1-2/h8,10,12-15H,5-7,9,11H2,1-4H3;4-6,9,13H,7-8,14H2,1-3H3;2*1-2H3. The Hall–Kier alpha value is -1.95. The van der Waals surface area contributed by atoms with E-state index in [1.165, 1.54) is 81.9 Å². The summed E-state index contributed by atoms with van der Waals surface area (Å²) < 4.78 is 0. The van der Waals surface area contributed by atoms with Crippen LogP contribution in [0, 0.1) is 26.7 Å². The van der Waals surface area contributed by atoms with Gasteiger partial charge in [-0.05, 0) is 102 Å². The summed E-state index contributed by atoms with van der Waals surface area (Å²) in [5, 5.41) is 4.78. The van der Waals surface area contributed by atoms with E-state index in [-0.39, 0.29) is 0 Å². The largest absolute Gasteiger partial charge is 0.312 e. The topological polar surface area (TPSA) is 12.0 Å². The van der Waals surface area contributed by atoms with Crippen LogP contribution >= 0.6 is 9.24 Å². The van der Waals surface area contributed by atoms with E-state index >= 15 is 0 Å². The third-order valence-corrected chi connectivity index (χ3v) is 7.21. The Morgan fingerprint density at radius 2 is 1.33 bits per heavy atom. The van der Waals surface area contributed by atoms with E-state index in [9.17, 15) is 0 Å². The smallest absolute Gasteiger partial charge is 0.0214 e. The van der Waals surface area contributed by atoms with Gasteiger partial charge in [-0.2, -0.15) is 0 Å². The molecular weight excluding hydrogens is 489 g/mol. The molecule has 3 aromatic carbocycles. The summed E-state index contributed by atoms with van der Waals surface area (Å²) in [4.78, 5) is 0. The minimum atomic E-state index is 0.715. The highest BCUT2D eigenvalue weighted by Crippen LogP contribution is 2.29. The van der Waals surface area contributed by atoms with Gasteiger partial charge in [0.25, 0.3) is 0 Å². The summed E-state index contributed by atoms with van der Waals surface area (Å²) in [7, 11) is 2.80. The molecule has 0 aliphatic rings. The van der Waals surface area contributed by atoms with E-state index in [1.54, 1.807) is 0 Å². The van der Waals surface area contributed by atoms with Crippen LogP contribution in [0.25, 0.3) is 11.1 Å². The molecule has 0 spiro atoms. The van der Waals surface area contributed by atoms with Gasteiger partial charge in [-0.3, -0.25) is 0 Å².